The zero-order valence-corrected chi connectivity index (χ0v) is 14.5. The molecule has 0 amide bonds. The molecule has 0 spiro atoms. The monoisotopic (exact) mass is 289 g/mol. The summed E-state index contributed by atoms with van der Waals surface area (Å²) in [5.74, 6) is 0. The van der Waals surface area contributed by atoms with E-state index in [0.29, 0.717) is 0 Å². The van der Waals surface area contributed by atoms with Crippen molar-refractivity contribution in [1.82, 2.24) is 0 Å². The Labute approximate surface area is 128 Å². The summed E-state index contributed by atoms with van der Waals surface area (Å²) in [7, 11) is 6.85. The minimum Gasteiger partial charge on any atom is -1.00 e. The van der Waals surface area contributed by atoms with Crippen molar-refractivity contribution in [2.45, 2.75) is 71.1 Å². The van der Waals surface area contributed by atoms with Gasteiger partial charge in [0.15, 0.2) is 0 Å². The van der Waals surface area contributed by atoms with Gasteiger partial charge in [0.1, 0.15) is 0 Å². The fourth-order valence-electron chi connectivity index (χ4n) is 2.11. The van der Waals surface area contributed by atoms with Crippen molar-refractivity contribution < 1.29 is 16.9 Å². The number of unbranched alkanes of at least 4 members (excludes halogenated alkanes) is 8. The first-order valence-electron chi connectivity index (χ1n) is 8.01. The van der Waals surface area contributed by atoms with Crippen LogP contribution in [0, 0.1) is 0 Å². The van der Waals surface area contributed by atoms with Crippen LogP contribution >= 0.6 is 0 Å². The number of nitrogens with zero attached hydrogens (tertiary/aromatic N) is 1. The van der Waals surface area contributed by atoms with E-state index in [-0.39, 0.29) is 12.4 Å². The molecule has 0 unspecified atom stereocenters. The minimum atomic E-state index is 0. The van der Waals surface area contributed by atoms with E-state index in [9.17, 15) is 0 Å². The molecule has 1 nitrogen and oxygen atoms in total. The van der Waals surface area contributed by atoms with E-state index in [2.05, 4.69) is 40.2 Å². The van der Waals surface area contributed by atoms with Gasteiger partial charge >= 0.3 is 0 Å². The van der Waals surface area contributed by atoms with Crippen molar-refractivity contribution in [1.29, 1.82) is 0 Å². The molecule has 19 heavy (non-hydrogen) atoms. The molecule has 0 aromatic carbocycles. The molecule has 0 aliphatic heterocycles. The zero-order valence-electron chi connectivity index (χ0n) is 13.8. The van der Waals surface area contributed by atoms with Crippen LogP contribution in [0.3, 0.4) is 0 Å². The van der Waals surface area contributed by atoms with Gasteiger partial charge < -0.3 is 16.9 Å². The first kappa shape index (κ1) is 21.3. The van der Waals surface area contributed by atoms with Gasteiger partial charge in [-0.15, -0.1) is 0 Å². The summed E-state index contributed by atoms with van der Waals surface area (Å²) in [5, 5.41) is 0. The lowest BCUT2D eigenvalue weighted by Crippen LogP contribution is -3.00. The average molecular weight is 290 g/mol. The smallest absolute Gasteiger partial charge is 0.0780 e. The number of allylic oxidation sites excluding steroid dienone is 2. The van der Waals surface area contributed by atoms with Crippen molar-refractivity contribution in [2.24, 2.45) is 0 Å². The topological polar surface area (TPSA) is 0 Å². The van der Waals surface area contributed by atoms with Crippen molar-refractivity contribution >= 4 is 0 Å². The fraction of sp³-hybridized carbons (Fsp3) is 0.882. The largest absolute Gasteiger partial charge is 1.00 e. The molecule has 0 saturated carbocycles. The molecule has 0 saturated heterocycles. The first-order valence-corrected chi connectivity index (χ1v) is 8.01. The van der Waals surface area contributed by atoms with Crippen LogP contribution in [0.4, 0.5) is 0 Å². The van der Waals surface area contributed by atoms with E-state index in [1.54, 1.807) is 0 Å². The molecule has 0 aliphatic carbocycles. The third-order valence-corrected chi connectivity index (χ3v) is 3.34. The maximum Gasteiger partial charge on any atom is 0.0780 e. The summed E-state index contributed by atoms with van der Waals surface area (Å²) in [4.78, 5) is 0. The van der Waals surface area contributed by atoms with E-state index in [1.807, 2.05) is 0 Å². The molecule has 2 heteroatoms. The van der Waals surface area contributed by atoms with E-state index >= 15 is 0 Å². The van der Waals surface area contributed by atoms with Gasteiger partial charge in [0.25, 0.3) is 0 Å². The lowest BCUT2D eigenvalue weighted by molar-refractivity contribution is -0.870. The van der Waals surface area contributed by atoms with Gasteiger partial charge in [0, 0.05) is 0 Å². The predicted octanol–water partition coefficient (Wildman–Crippen LogP) is 2.17. The molecule has 0 bridgehead atoms. The average Bonchev–Trinajstić information content (AvgIpc) is 2.29. The molecule has 0 aromatic heterocycles. The zero-order chi connectivity index (χ0) is 13.7. The van der Waals surface area contributed by atoms with Crippen molar-refractivity contribution in [2.75, 3.05) is 27.7 Å². The van der Waals surface area contributed by atoms with Crippen molar-refractivity contribution in [3.8, 4) is 0 Å². The summed E-state index contributed by atoms with van der Waals surface area (Å²) in [6, 6.07) is 0. The number of quaternary nitrogens is 1. The maximum atomic E-state index is 2.38. The number of hydrogen-bond acceptors (Lipinski definition) is 0. The van der Waals surface area contributed by atoms with Crippen LogP contribution in [-0.4, -0.2) is 32.2 Å². The summed E-state index contributed by atoms with van der Waals surface area (Å²) >= 11 is 0. The van der Waals surface area contributed by atoms with E-state index < -0.39 is 0 Å². The molecule has 0 atom stereocenters. The van der Waals surface area contributed by atoms with Crippen LogP contribution in [-0.2, 0) is 0 Å². The van der Waals surface area contributed by atoms with Crippen LogP contribution in [0.25, 0.3) is 0 Å². The lowest BCUT2D eigenvalue weighted by atomic mass is 10.1. The molecule has 0 fully saturated rings. The Bertz CT molecular complexity index is 194. The van der Waals surface area contributed by atoms with Crippen LogP contribution in [0.2, 0.25) is 0 Å². The van der Waals surface area contributed by atoms with Gasteiger partial charge in [-0.05, 0) is 32.1 Å². The van der Waals surface area contributed by atoms with E-state index in [1.165, 1.54) is 70.8 Å². The van der Waals surface area contributed by atoms with Crippen LogP contribution < -0.4 is 12.4 Å². The van der Waals surface area contributed by atoms with Crippen LogP contribution in [0.5, 0.6) is 0 Å². The molecule has 0 N–H and O–H groups in total. The molecular weight excluding hydrogens is 254 g/mol. The summed E-state index contributed by atoms with van der Waals surface area (Å²) in [5.41, 5.74) is 0. The Morgan fingerprint density at radius 2 is 1.16 bits per heavy atom. The molecular formula is C17H36ClN. The van der Waals surface area contributed by atoms with E-state index in [4.69, 9.17) is 0 Å². The second-order valence-electron chi connectivity index (χ2n) is 6.54. The summed E-state index contributed by atoms with van der Waals surface area (Å²) in [6.45, 7) is 3.58. The molecule has 116 valence electrons. The Kier molecular flexibility index (Phi) is 16.1. The number of rotatable bonds is 12. The first-order chi connectivity index (χ1) is 8.56. The third-order valence-electron chi connectivity index (χ3n) is 3.34. The van der Waals surface area contributed by atoms with Gasteiger partial charge in [0.2, 0.25) is 0 Å². The highest BCUT2D eigenvalue weighted by Gasteiger charge is 2.04. The minimum absolute atomic E-state index is 0. The summed E-state index contributed by atoms with van der Waals surface area (Å²) in [6.07, 6.45) is 18.5. The van der Waals surface area contributed by atoms with Crippen molar-refractivity contribution in [3.05, 3.63) is 12.2 Å². The normalized spacial score (nSPS) is 11.8. The Morgan fingerprint density at radius 3 is 1.68 bits per heavy atom. The van der Waals surface area contributed by atoms with E-state index in [0.717, 1.165) is 4.48 Å². The molecule has 0 aromatic rings. The number of halogens is 1. The van der Waals surface area contributed by atoms with Gasteiger partial charge in [-0.1, -0.05) is 51.2 Å². The Morgan fingerprint density at radius 1 is 0.684 bits per heavy atom. The number of hydrogen-bond donors (Lipinski definition) is 0. The lowest BCUT2D eigenvalue weighted by Gasteiger charge is -2.23. The second kappa shape index (κ2) is 14.4. The predicted molar refractivity (Wildman–Crippen MR) is 83.9 cm³/mol. The molecule has 0 radical (unpaired) electrons. The molecule has 0 aliphatic rings. The van der Waals surface area contributed by atoms with Crippen LogP contribution in [0.1, 0.15) is 71.1 Å². The van der Waals surface area contributed by atoms with Gasteiger partial charge in [-0.2, -0.15) is 0 Å². The van der Waals surface area contributed by atoms with Crippen molar-refractivity contribution in [3.63, 3.8) is 0 Å². The standard InChI is InChI=1S/C17H36N.ClH/c1-5-6-7-8-9-10-11-12-13-14-15-16-17-18(2,3)4;/h8-9H,5-7,10-17H2,1-4H3;1H/q+1;/p-1/b9-8-;. The van der Waals surface area contributed by atoms with Gasteiger partial charge in [-0.3, -0.25) is 0 Å². The highest BCUT2D eigenvalue weighted by Crippen LogP contribution is 2.09. The SMILES string of the molecule is CCCC/C=C\CCCCCCCC[N+](C)(C)C.[Cl-]. The Balaban J connectivity index is 0. The fourth-order valence-corrected chi connectivity index (χ4v) is 2.11. The molecule has 0 rings (SSSR count). The highest BCUT2D eigenvalue weighted by atomic mass is 35.5. The highest BCUT2D eigenvalue weighted by molar-refractivity contribution is 4.81. The molecule has 0 heterocycles. The summed E-state index contributed by atoms with van der Waals surface area (Å²) < 4.78 is 1.11. The maximum absolute atomic E-state index is 2.38. The Hall–Kier alpha value is -0.0100. The quantitative estimate of drug-likeness (QED) is 0.293. The third kappa shape index (κ3) is 20.5. The second-order valence-corrected chi connectivity index (χ2v) is 6.54. The van der Waals surface area contributed by atoms with Gasteiger partial charge in [-0.25, -0.2) is 0 Å². The van der Waals surface area contributed by atoms with Crippen LogP contribution in [0.15, 0.2) is 12.2 Å². The van der Waals surface area contributed by atoms with Gasteiger partial charge in [0.05, 0.1) is 27.7 Å².